The molecule has 0 radical (unpaired) electrons. The zero-order chi connectivity index (χ0) is 18.0. The molecule has 1 amide bonds. The number of nitrogens with zero attached hydrogens (tertiary/aromatic N) is 1. The molecule has 138 valence electrons. The second-order valence-electron chi connectivity index (χ2n) is 7.20. The van der Waals surface area contributed by atoms with Crippen molar-refractivity contribution in [1.82, 2.24) is 4.90 Å². The first kappa shape index (κ1) is 18.0. The molecule has 3 atom stereocenters. The second kappa shape index (κ2) is 7.22. The van der Waals surface area contributed by atoms with Gasteiger partial charge in [-0.2, -0.15) is 0 Å². The lowest BCUT2D eigenvalue weighted by Crippen LogP contribution is -2.56. The molecule has 2 fully saturated rings. The third kappa shape index (κ3) is 3.46. The van der Waals surface area contributed by atoms with E-state index >= 15 is 0 Å². The van der Waals surface area contributed by atoms with Crippen LogP contribution in [0.5, 0.6) is 11.5 Å². The fraction of sp³-hybridized carbons (Fsp3) is 0.632. The minimum Gasteiger partial charge on any atom is -0.493 e. The van der Waals surface area contributed by atoms with Crippen LogP contribution in [0.15, 0.2) is 18.2 Å². The van der Waals surface area contributed by atoms with Crippen LogP contribution in [-0.4, -0.2) is 48.8 Å². The maximum absolute atomic E-state index is 11.6. The number of rotatable bonds is 5. The maximum atomic E-state index is 11.6. The molecule has 1 saturated heterocycles. The number of ether oxygens (including phenoxy) is 2. The average molecular weight is 348 g/mol. The zero-order valence-corrected chi connectivity index (χ0v) is 15.0. The predicted octanol–water partition coefficient (Wildman–Crippen LogP) is 1.86. The maximum Gasteiger partial charge on any atom is 0.231 e. The Morgan fingerprint density at radius 2 is 2.04 bits per heavy atom. The van der Waals surface area contributed by atoms with Crippen LogP contribution in [0.25, 0.3) is 0 Å². The lowest BCUT2D eigenvalue weighted by molar-refractivity contribution is -0.136. The minimum atomic E-state index is -0.662. The highest BCUT2D eigenvalue weighted by Gasteiger charge is 2.49. The highest BCUT2D eigenvalue weighted by Crippen LogP contribution is 2.49. The standard InChI is InChI=1S/C19H28N2O4/c1-24-15-7-6-13(11-16(15)25-2)18-14-5-3-4-8-19(14,23)9-10-21(18)12-17(20)22/h6-7,11,14,18,23H,3-5,8-10,12H2,1-2H3,(H2,20,22)/t14-,18+,19+/m0/s1. The molecule has 1 aromatic rings. The Labute approximate surface area is 148 Å². The first-order valence-electron chi connectivity index (χ1n) is 8.95. The molecule has 1 aliphatic carbocycles. The smallest absolute Gasteiger partial charge is 0.231 e. The number of hydrogen-bond acceptors (Lipinski definition) is 5. The highest BCUT2D eigenvalue weighted by molar-refractivity contribution is 5.76. The Kier molecular flexibility index (Phi) is 5.20. The van der Waals surface area contributed by atoms with Gasteiger partial charge in [0.15, 0.2) is 11.5 Å². The van der Waals surface area contributed by atoms with Crippen molar-refractivity contribution in [3.63, 3.8) is 0 Å². The number of hydrogen-bond donors (Lipinski definition) is 2. The fourth-order valence-corrected chi connectivity index (χ4v) is 4.60. The SMILES string of the molecule is COc1ccc([C@@H]2[C@@H]3CCCC[C@@]3(O)CCN2CC(N)=O)cc1OC. The highest BCUT2D eigenvalue weighted by atomic mass is 16.5. The van der Waals surface area contributed by atoms with Crippen molar-refractivity contribution in [2.24, 2.45) is 11.7 Å². The molecule has 0 aromatic heterocycles. The topological polar surface area (TPSA) is 85.0 Å². The summed E-state index contributed by atoms with van der Waals surface area (Å²) >= 11 is 0. The van der Waals surface area contributed by atoms with Gasteiger partial charge in [0.25, 0.3) is 0 Å². The lowest BCUT2D eigenvalue weighted by atomic mass is 9.66. The Hall–Kier alpha value is -1.79. The van der Waals surface area contributed by atoms with Crippen molar-refractivity contribution in [2.75, 3.05) is 27.3 Å². The second-order valence-corrected chi connectivity index (χ2v) is 7.20. The number of primary amides is 1. The molecular weight excluding hydrogens is 320 g/mol. The summed E-state index contributed by atoms with van der Waals surface area (Å²) in [5, 5.41) is 11.2. The van der Waals surface area contributed by atoms with Crippen molar-refractivity contribution < 1.29 is 19.4 Å². The van der Waals surface area contributed by atoms with Crippen molar-refractivity contribution in [3.8, 4) is 11.5 Å². The molecule has 25 heavy (non-hydrogen) atoms. The summed E-state index contributed by atoms with van der Waals surface area (Å²) in [4.78, 5) is 13.7. The van der Waals surface area contributed by atoms with Crippen LogP contribution >= 0.6 is 0 Å². The molecule has 1 heterocycles. The van der Waals surface area contributed by atoms with Crippen LogP contribution in [0.2, 0.25) is 0 Å². The van der Waals surface area contributed by atoms with Crippen molar-refractivity contribution in [3.05, 3.63) is 23.8 Å². The number of piperidine rings is 1. The van der Waals surface area contributed by atoms with Crippen LogP contribution in [0.3, 0.4) is 0 Å². The first-order valence-corrected chi connectivity index (χ1v) is 8.95. The molecule has 1 saturated carbocycles. The molecule has 1 aromatic carbocycles. The molecule has 0 unspecified atom stereocenters. The molecule has 0 bridgehead atoms. The van der Waals surface area contributed by atoms with Gasteiger partial charge in [-0.3, -0.25) is 9.69 Å². The van der Waals surface area contributed by atoms with E-state index in [9.17, 15) is 9.90 Å². The number of carbonyl (C=O) groups excluding carboxylic acids is 1. The van der Waals surface area contributed by atoms with Gasteiger partial charge in [0.1, 0.15) is 0 Å². The summed E-state index contributed by atoms with van der Waals surface area (Å²) in [5.41, 5.74) is 5.85. The normalized spacial score (nSPS) is 29.7. The van der Waals surface area contributed by atoms with Gasteiger partial charge >= 0.3 is 0 Å². The van der Waals surface area contributed by atoms with Gasteiger partial charge in [-0.15, -0.1) is 0 Å². The number of likely N-dealkylation sites (tertiary alicyclic amines) is 1. The van der Waals surface area contributed by atoms with Gasteiger partial charge in [-0.1, -0.05) is 18.9 Å². The molecule has 3 N–H and O–H groups in total. The Bertz CT molecular complexity index is 636. The van der Waals surface area contributed by atoms with Gasteiger partial charge in [-0.25, -0.2) is 0 Å². The Morgan fingerprint density at radius 3 is 2.72 bits per heavy atom. The summed E-state index contributed by atoms with van der Waals surface area (Å²) in [5.74, 6) is 1.07. The molecule has 6 heteroatoms. The van der Waals surface area contributed by atoms with Gasteiger partial charge in [0, 0.05) is 18.5 Å². The summed E-state index contributed by atoms with van der Waals surface area (Å²) < 4.78 is 10.8. The van der Waals surface area contributed by atoms with E-state index in [2.05, 4.69) is 4.90 Å². The van der Waals surface area contributed by atoms with E-state index in [0.717, 1.165) is 31.2 Å². The van der Waals surface area contributed by atoms with Crippen molar-refractivity contribution >= 4 is 5.91 Å². The van der Waals surface area contributed by atoms with Gasteiger partial charge in [0.05, 0.1) is 26.4 Å². The quantitative estimate of drug-likeness (QED) is 0.848. The van der Waals surface area contributed by atoms with Crippen LogP contribution in [0.1, 0.15) is 43.7 Å². The van der Waals surface area contributed by atoms with E-state index < -0.39 is 5.60 Å². The van der Waals surface area contributed by atoms with Gasteiger partial charge in [0.2, 0.25) is 5.91 Å². The number of nitrogens with two attached hydrogens (primary N) is 1. The van der Waals surface area contributed by atoms with E-state index in [4.69, 9.17) is 15.2 Å². The number of carbonyl (C=O) groups is 1. The number of fused-ring (bicyclic) bond motifs is 1. The third-order valence-corrected chi connectivity index (χ3v) is 5.78. The van der Waals surface area contributed by atoms with Crippen molar-refractivity contribution in [1.29, 1.82) is 0 Å². The number of amides is 1. The van der Waals surface area contributed by atoms with Gasteiger partial charge in [-0.05, 0) is 37.0 Å². The lowest BCUT2D eigenvalue weighted by Gasteiger charge is -2.52. The molecule has 3 rings (SSSR count). The number of methoxy groups -OCH3 is 2. The molecule has 6 nitrogen and oxygen atoms in total. The number of aliphatic hydroxyl groups is 1. The fourth-order valence-electron chi connectivity index (χ4n) is 4.60. The Balaban J connectivity index is 2.01. The van der Waals surface area contributed by atoms with E-state index in [0.29, 0.717) is 24.5 Å². The summed E-state index contributed by atoms with van der Waals surface area (Å²) in [6, 6.07) is 5.79. The monoisotopic (exact) mass is 348 g/mol. The van der Waals surface area contributed by atoms with Crippen LogP contribution in [0, 0.1) is 5.92 Å². The molecule has 1 aliphatic heterocycles. The van der Waals surface area contributed by atoms with Crippen LogP contribution in [-0.2, 0) is 4.79 Å². The molecule has 2 aliphatic rings. The van der Waals surface area contributed by atoms with Crippen LogP contribution < -0.4 is 15.2 Å². The summed E-state index contributed by atoms with van der Waals surface area (Å²) in [7, 11) is 3.22. The molecular formula is C19H28N2O4. The predicted molar refractivity (Wildman–Crippen MR) is 94.6 cm³/mol. The largest absolute Gasteiger partial charge is 0.493 e. The third-order valence-electron chi connectivity index (χ3n) is 5.78. The van der Waals surface area contributed by atoms with E-state index in [1.165, 1.54) is 0 Å². The van der Waals surface area contributed by atoms with E-state index in [1.54, 1.807) is 14.2 Å². The first-order chi connectivity index (χ1) is 12.0. The summed E-state index contributed by atoms with van der Waals surface area (Å²) in [6.07, 6.45) is 4.62. The summed E-state index contributed by atoms with van der Waals surface area (Å²) in [6.45, 7) is 0.862. The zero-order valence-electron chi connectivity index (χ0n) is 15.0. The van der Waals surface area contributed by atoms with Crippen molar-refractivity contribution in [2.45, 2.75) is 43.7 Å². The Morgan fingerprint density at radius 1 is 1.28 bits per heavy atom. The van der Waals surface area contributed by atoms with E-state index in [1.807, 2.05) is 18.2 Å². The van der Waals surface area contributed by atoms with Gasteiger partial charge < -0.3 is 20.3 Å². The number of benzene rings is 1. The molecule has 0 spiro atoms. The average Bonchev–Trinajstić information content (AvgIpc) is 2.60. The minimum absolute atomic E-state index is 0.0497. The van der Waals surface area contributed by atoms with E-state index in [-0.39, 0.29) is 24.4 Å². The van der Waals surface area contributed by atoms with Crippen LogP contribution in [0.4, 0.5) is 0 Å².